The van der Waals surface area contributed by atoms with Crippen LogP contribution in [0.4, 0.5) is 0 Å². The molecule has 1 N–H and O–H groups in total. The summed E-state index contributed by atoms with van der Waals surface area (Å²) in [6.45, 7) is 4.13. The fourth-order valence-corrected chi connectivity index (χ4v) is 3.49. The van der Waals surface area contributed by atoms with Gasteiger partial charge in [0.25, 0.3) is 5.91 Å². The molecule has 2 aromatic carbocycles. The van der Waals surface area contributed by atoms with Crippen LogP contribution in [0.2, 0.25) is 5.02 Å². The second-order valence-corrected chi connectivity index (χ2v) is 7.89. The Morgan fingerprint density at radius 2 is 1.86 bits per heavy atom. The topological polar surface area (TPSA) is 64.4 Å². The molecule has 1 aromatic heterocycles. The van der Waals surface area contributed by atoms with Crippen molar-refractivity contribution in [2.45, 2.75) is 39.3 Å². The lowest BCUT2D eigenvalue weighted by Gasteiger charge is -2.19. The zero-order valence-electron chi connectivity index (χ0n) is 16.4. The van der Waals surface area contributed by atoms with Crippen molar-refractivity contribution in [3.8, 4) is 5.75 Å². The van der Waals surface area contributed by atoms with Crippen LogP contribution < -0.4 is 10.1 Å². The van der Waals surface area contributed by atoms with Gasteiger partial charge in [-0.25, -0.2) is 0 Å². The second-order valence-electron chi connectivity index (χ2n) is 7.46. The molecule has 5 nitrogen and oxygen atoms in total. The van der Waals surface area contributed by atoms with Crippen LogP contribution in [0.1, 0.15) is 51.8 Å². The Kier molecular flexibility index (Phi) is 5.58. The summed E-state index contributed by atoms with van der Waals surface area (Å²) < 4.78 is 11.0. The average molecular weight is 411 g/mol. The molecule has 1 amide bonds. The molecule has 4 rings (SSSR count). The van der Waals surface area contributed by atoms with E-state index in [4.69, 9.17) is 20.9 Å². The van der Waals surface area contributed by atoms with E-state index < -0.39 is 0 Å². The van der Waals surface area contributed by atoms with Gasteiger partial charge in [0, 0.05) is 10.6 Å². The molecule has 1 aliphatic rings. The molecule has 0 aliphatic heterocycles. The highest BCUT2D eigenvalue weighted by atomic mass is 35.5. The third-order valence-electron chi connectivity index (χ3n) is 5.29. The highest BCUT2D eigenvalue weighted by molar-refractivity contribution is 6.30. The number of amides is 1. The number of aromatic nitrogens is 1. The Morgan fingerprint density at radius 1 is 1.17 bits per heavy atom. The first-order chi connectivity index (χ1) is 14.0. The van der Waals surface area contributed by atoms with E-state index in [0.29, 0.717) is 28.9 Å². The third kappa shape index (κ3) is 4.62. The standard InChI is InChI=1S/C23H23ClN2O3/c1-14-21(15(2)29-26-14)13-28-20-11-7-18(8-12-20)23(27)25-22(16-3-4-16)17-5-9-19(24)10-6-17/h5-12,16,22H,3-4,13H2,1-2H3,(H,25,27). The molecule has 1 aliphatic carbocycles. The quantitative estimate of drug-likeness (QED) is 0.566. The molecule has 29 heavy (non-hydrogen) atoms. The van der Waals surface area contributed by atoms with Crippen LogP contribution in [0.25, 0.3) is 0 Å². The maximum atomic E-state index is 12.8. The van der Waals surface area contributed by atoms with Gasteiger partial charge in [-0.15, -0.1) is 0 Å². The summed E-state index contributed by atoms with van der Waals surface area (Å²) in [6.07, 6.45) is 2.25. The minimum Gasteiger partial charge on any atom is -0.489 e. The molecule has 0 saturated heterocycles. The van der Waals surface area contributed by atoms with Gasteiger partial charge in [-0.2, -0.15) is 0 Å². The summed E-state index contributed by atoms with van der Waals surface area (Å²) in [7, 11) is 0. The first kappa shape index (κ1) is 19.5. The Bertz CT molecular complexity index is 972. The fraction of sp³-hybridized carbons (Fsp3) is 0.304. The minimum absolute atomic E-state index is 0.00948. The number of benzene rings is 2. The molecule has 150 valence electrons. The lowest BCUT2D eigenvalue weighted by Crippen LogP contribution is -2.29. The van der Waals surface area contributed by atoms with Crippen LogP contribution in [-0.4, -0.2) is 11.1 Å². The van der Waals surface area contributed by atoms with E-state index in [1.165, 1.54) is 0 Å². The molecule has 1 heterocycles. The molecule has 1 fully saturated rings. The van der Waals surface area contributed by atoms with E-state index in [1.54, 1.807) is 12.1 Å². The van der Waals surface area contributed by atoms with Gasteiger partial charge in [0.05, 0.1) is 17.3 Å². The number of nitrogens with zero attached hydrogens (tertiary/aromatic N) is 1. The van der Waals surface area contributed by atoms with E-state index in [0.717, 1.165) is 35.4 Å². The molecule has 0 spiro atoms. The van der Waals surface area contributed by atoms with Gasteiger partial charge in [0.2, 0.25) is 0 Å². The minimum atomic E-state index is -0.0888. The highest BCUT2D eigenvalue weighted by Gasteiger charge is 2.33. The van der Waals surface area contributed by atoms with Crippen LogP contribution in [0.5, 0.6) is 5.75 Å². The highest BCUT2D eigenvalue weighted by Crippen LogP contribution is 2.41. The van der Waals surface area contributed by atoms with Gasteiger partial charge in [0.15, 0.2) is 0 Å². The Morgan fingerprint density at radius 3 is 2.45 bits per heavy atom. The predicted molar refractivity (Wildman–Crippen MR) is 111 cm³/mol. The number of hydrogen-bond donors (Lipinski definition) is 1. The molecule has 0 bridgehead atoms. The van der Waals surface area contributed by atoms with Crippen molar-refractivity contribution in [3.63, 3.8) is 0 Å². The van der Waals surface area contributed by atoms with Crippen molar-refractivity contribution >= 4 is 17.5 Å². The van der Waals surface area contributed by atoms with E-state index in [1.807, 2.05) is 50.2 Å². The van der Waals surface area contributed by atoms with Crippen molar-refractivity contribution in [3.05, 3.63) is 81.7 Å². The number of nitrogens with one attached hydrogen (secondary N) is 1. The first-order valence-electron chi connectivity index (χ1n) is 9.72. The van der Waals surface area contributed by atoms with E-state index in [-0.39, 0.29) is 11.9 Å². The van der Waals surface area contributed by atoms with Crippen LogP contribution in [0, 0.1) is 19.8 Å². The average Bonchev–Trinajstić information content (AvgIpc) is 3.52. The smallest absolute Gasteiger partial charge is 0.251 e. The molecule has 1 saturated carbocycles. The molecule has 0 radical (unpaired) electrons. The van der Waals surface area contributed by atoms with E-state index >= 15 is 0 Å². The molecule has 6 heteroatoms. The van der Waals surface area contributed by atoms with Crippen molar-refractivity contribution in [1.29, 1.82) is 0 Å². The Labute approximate surface area is 175 Å². The summed E-state index contributed by atoms with van der Waals surface area (Å²) in [4.78, 5) is 12.8. The summed E-state index contributed by atoms with van der Waals surface area (Å²) in [5, 5.41) is 7.80. The van der Waals surface area contributed by atoms with Gasteiger partial charge in [-0.3, -0.25) is 4.79 Å². The number of carbonyl (C=O) groups excluding carboxylic acids is 1. The summed E-state index contributed by atoms with van der Waals surface area (Å²) in [6, 6.07) is 14.9. The largest absolute Gasteiger partial charge is 0.489 e. The van der Waals surface area contributed by atoms with Crippen LogP contribution in [0.3, 0.4) is 0 Å². The maximum Gasteiger partial charge on any atom is 0.251 e. The predicted octanol–water partition coefficient (Wildman–Crippen LogP) is 5.40. The van der Waals surface area contributed by atoms with Crippen molar-refractivity contribution < 1.29 is 14.1 Å². The lowest BCUT2D eigenvalue weighted by atomic mass is 10.0. The summed E-state index contributed by atoms with van der Waals surface area (Å²) in [5.74, 6) is 1.84. The van der Waals surface area contributed by atoms with Gasteiger partial charge in [-0.1, -0.05) is 28.9 Å². The SMILES string of the molecule is Cc1noc(C)c1COc1ccc(C(=O)NC(c2ccc(Cl)cc2)C2CC2)cc1. The van der Waals surface area contributed by atoms with Gasteiger partial charge in [-0.05, 0) is 74.6 Å². The van der Waals surface area contributed by atoms with E-state index in [9.17, 15) is 4.79 Å². The van der Waals surface area contributed by atoms with Crippen molar-refractivity contribution in [2.75, 3.05) is 0 Å². The number of halogens is 1. The summed E-state index contributed by atoms with van der Waals surface area (Å²) in [5.41, 5.74) is 3.47. The number of ether oxygens (including phenoxy) is 1. The van der Waals surface area contributed by atoms with Crippen LogP contribution >= 0.6 is 11.6 Å². The number of rotatable bonds is 7. The fourth-order valence-electron chi connectivity index (χ4n) is 3.36. The molecule has 1 atom stereocenters. The van der Waals surface area contributed by atoms with E-state index in [2.05, 4.69) is 10.5 Å². The molecular formula is C23H23ClN2O3. The number of aryl methyl sites for hydroxylation is 2. The second kappa shape index (κ2) is 8.29. The first-order valence-corrected chi connectivity index (χ1v) is 10.1. The molecule has 1 unspecified atom stereocenters. The van der Waals surface area contributed by atoms with Crippen molar-refractivity contribution in [1.82, 2.24) is 10.5 Å². The Balaban J connectivity index is 1.40. The lowest BCUT2D eigenvalue weighted by molar-refractivity contribution is 0.0931. The third-order valence-corrected chi connectivity index (χ3v) is 5.54. The number of hydrogen-bond acceptors (Lipinski definition) is 4. The normalized spacial score (nSPS) is 14.4. The molecular weight excluding hydrogens is 388 g/mol. The van der Waals surface area contributed by atoms with Crippen LogP contribution in [0.15, 0.2) is 53.1 Å². The molecule has 3 aromatic rings. The van der Waals surface area contributed by atoms with Crippen molar-refractivity contribution in [2.24, 2.45) is 5.92 Å². The van der Waals surface area contributed by atoms with Gasteiger partial charge >= 0.3 is 0 Å². The van der Waals surface area contributed by atoms with Gasteiger partial charge < -0.3 is 14.6 Å². The monoisotopic (exact) mass is 410 g/mol. The zero-order valence-corrected chi connectivity index (χ0v) is 17.2. The van der Waals surface area contributed by atoms with Crippen LogP contribution in [-0.2, 0) is 6.61 Å². The Hall–Kier alpha value is -2.79. The van der Waals surface area contributed by atoms with Gasteiger partial charge in [0.1, 0.15) is 18.1 Å². The maximum absolute atomic E-state index is 12.8. The zero-order chi connectivity index (χ0) is 20.4. The summed E-state index contributed by atoms with van der Waals surface area (Å²) >= 11 is 6.00. The number of carbonyl (C=O) groups is 1.